The standard InChI is InChI=1S/C15H19BrN2O/c1-2-3-4-5-6-9-18-11-17-14-8-7-12(16)10-13(14)15(18)19/h7-8,10-11H,2-6,9H2,1H3. The lowest BCUT2D eigenvalue weighted by Crippen LogP contribution is -2.20. The quantitative estimate of drug-likeness (QED) is 0.749. The average molecular weight is 323 g/mol. The Morgan fingerprint density at radius 2 is 2.00 bits per heavy atom. The molecule has 1 heterocycles. The van der Waals surface area contributed by atoms with E-state index in [9.17, 15) is 4.79 Å². The van der Waals surface area contributed by atoms with Gasteiger partial charge in [-0.2, -0.15) is 0 Å². The Kier molecular flexibility index (Phi) is 5.14. The predicted molar refractivity (Wildman–Crippen MR) is 82.5 cm³/mol. The maximum atomic E-state index is 12.3. The first-order chi connectivity index (χ1) is 9.22. The van der Waals surface area contributed by atoms with Gasteiger partial charge in [0.05, 0.1) is 17.2 Å². The molecule has 0 radical (unpaired) electrons. The first-order valence-corrected chi connectivity index (χ1v) is 7.66. The van der Waals surface area contributed by atoms with E-state index in [0.29, 0.717) is 5.39 Å². The van der Waals surface area contributed by atoms with Crippen LogP contribution in [0.1, 0.15) is 39.0 Å². The Labute approximate surface area is 121 Å². The minimum absolute atomic E-state index is 0.0572. The van der Waals surface area contributed by atoms with Crippen molar-refractivity contribution in [1.82, 2.24) is 9.55 Å². The number of fused-ring (bicyclic) bond motifs is 1. The number of benzene rings is 1. The Morgan fingerprint density at radius 3 is 2.79 bits per heavy atom. The second-order valence-corrected chi connectivity index (χ2v) is 5.73. The van der Waals surface area contributed by atoms with Gasteiger partial charge in [0, 0.05) is 11.0 Å². The fourth-order valence-corrected chi connectivity index (χ4v) is 2.54. The molecule has 0 N–H and O–H groups in total. The molecule has 3 nitrogen and oxygen atoms in total. The molecule has 102 valence electrons. The average Bonchev–Trinajstić information content (AvgIpc) is 2.41. The van der Waals surface area contributed by atoms with E-state index in [2.05, 4.69) is 27.8 Å². The third-order valence-corrected chi connectivity index (χ3v) is 3.78. The molecule has 0 aliphatic carbocycles. The van der Waals surface area contributed by atoms with Gasteiger partial charge in [-0.3, -0.25) is 9.36 Å². The van der Waals surface area contributed by atoms with Crippen molar-refractivity contribution in [1.29, 1.82) is 0 Å². The van der Waals surface area contributed by atoms with Crippen LogP contribution in [0.4, 0.5) is 0 Å². The van der Waals surface area contributed by atoms with Crippen LogP contribution >= 0.6 is 15.9 Å². The van der Waals surface area contributed by atoms with Crippen LogP contribution in [0.5, 0.6) is 0 Å². The van der Waals surface area contributed by atoms with Crippen molar-refractivity contribution >= 4 is 26.8 Å². The van der Waals surface area contributed by atoms with Crippen LogP contribution in [0, 0.1) is 0 Å². The molecule has 2 aromatic rings. The summed E-state index contributed by atoms with van der Waals surface area (Å²) in [7, 11) is 0. The maximum absolute atomic E-state index is 12.3. The minimum atomic E-state index is 0.0572. The minimum Gasteiger partial charge on any atom is -0.299 e. The van der Waals surface area contributed by atoms with Crippen LogP contribution < -0.4 is 5.56 Å². The number of unbranched alkanes of at least 4 members (excludes halogenated alkanes) is 4. The summed E-state index contributed by atoms with van der Waals surface area (Å²) in [4.78, 5) is 16.6. The molecule has 0 bridgehead atoms. The second kappa shape index (κ2) is 6.85. The van der Waals surface area contributed by atoms with Gasteiger partial charge in [-0.1, -0.05) is 48.5 Å². The Bertz CT molecular complexity index is 607. The van der Waals surface area contributed by atoms with E-state index in [1.54, 1.807) is 10.9 Å². The Balaban J connectivity index is 2.11. The van der Waals surface area contributed by atoms with Crippen molar-refractivity contribution < 1.29 is 0 Å². The van der Waals surface area contributed by atoms with Crippen LogP contribution in [0.3, 0.4) is 0 Å². The lowest BCUT2D eigenvalue weighted by Gasteiger charge is -2.06. The maximum Gasteiger partial charge on any atom is 0.261 e. The van der Waals surface area contributed by atoms with Crippen LogP contribution in [0.15, 0.2) is 33.8 Å². The van der Waals surface area contributed by atoms with Crippen molar-refractivity contribution in [3.05, 3.63) is 39.4 Å². The van der Waals surface area contributed by atoms with Crippen LogP contribution in [-0.2, 0) is 6.54 Å². The van der Waals surface area contributed by atoms with Crippen LogP contribution in [0.25, 0.3) is 10.9 Å². The summed E-state index contributed by atoms with van der Waals surface area (Å²) < 4.78 is 2.64. The third-order valence-electron chi connectivity index (χ3n) is 3.29. The molecule has 4 heteroatoms. The molecular weight excluding hydrogens is 304 g/mol. The van der Waals surface area contributed by atoms with E-state index >= 15 is 0 Å². The van der Waals surface area contributed by atoms with Crippen LogP contribution in [0.2, 0.25) is 0 Å². The molecular formula is C15H19BrN2O. The molecule has 19 heavy (non-hydrogen) atoms. The van der Waals surface area contributed by atoms with Gasteiger partial charge in [0.15, 0.2) is 0 Å². The summed E-state index contributed by atoms with van der Waals surface area (Å²) in [6, 6.07) is 5.62. The normalized spacial score (nSPS) is 11.1. The van der Waals surface area contributed by atoms with E-state index in [1.807, 2.05) is 18.2 Å². The zero-order valence-corrected chi connectivity index (χ0v) is 12.8. The fraction of sp³-hybridized carbons (Fsp3) is 0.467. The van der Waals surface area contributed by atoms with Gasteiger partial charge in [-0.25, -0.2) is 4.98 Å². The van der Waals surface area contributed by atoms with Gasteiger partial charge in [-0.15, -0.1) is 0 Å². The lowest BCUT2D eigenvalue weighted by atomic mass is 10.1. The Hall–Kier alpha value is -1.16. The van der Waals surface area contributed by atoms with Gasteiger partial charge < -0.3 is 0 Å². The highest BCUT2D eigenvalue weighted by Gasteiger charge is 2.04. The van der Waals surface area contributed by atoms with Crippen molar-refractivity contribution in [3.63, 3.8) is 0 Å². The van der Waals surface area contributed by atoms with Gasteiger partial charge in [0.2, 0.25) is 0 Å². The summed E-state index contributed by atoms with van der Waals surface area (Å²) in [5.41, 5.74) is 0.817. The highest BCUT2D eigenvalue weighted by Crippen LogP contribution is 2.15. The second-order valence-electron chi connectivity index (χ2n) is 4.82. The predicted octanol–water partition coefficient (Wildman–Crippen LogP) is 4.13. The van der Waals surface area contributed by atoms with Gasteiger partial charge in [0.25, 0.3) is 5.56 Å². The monoisotopic (exact) mass is 322 g/mol. The highest BCUT2D eigenvalue weighted by atomic mass is 79.9. The molecule has 0 spiro atoms. The molecule has 0 aliphatic heterocycles. The molecule has 0 amide bonds. The van der Waals surface area contributed by atoms with Crippen LogP contribution in [-0.4, -0.2) is 9.55 Å². The lowest BCUT2D eigenvalue weighted by molar-refractivity contribution is 0.556. The molecule has 0 saturated heterocycles. The highest BCUT2D eigenvalue weighted by molar-refractivity contribution is 9.10. The van der Waals surface area contributed by atoms with E-state index in [4.69, 9.17) is 0 Å². The number of hydrogen-bond acceptors (Lipinski definition) is 2. The van der Waals surface area contributed by atoms with E-state index in [-0.39, 0.29) is 5.56 Å². The molecule has 0 aliphatic rings. The number of hydrogen-bond donors (Lipinski definition) is 0. The summed E-state index contributed by atoms with van der Waals surface area (Å²) in [6.07, 6.45) is 7.65. The van der Waals surface area contributed by atoms with E-state index in [1.165, 1.54) is 25.7 Å². The summed E-state index contributed by atoms with van der Waals surface area (Å²) in [5.74, 6) is 0. The molecule has 0 atom stereocenters. The van der Waals surface area contributed by atoms with Crippen molar-refractivity contribution in [2.45, 2.75) is 45.6 Å². The van der Waals surface area contributed by atoms with Crippen molar-refractivity contribution in [2.24, 2.45) is 0 Å². The fourth-order valence-electron chi connectivity index (χ4n) is 2.18. The summed E-state index contributed by atoms with van der Waals surface area (Å²) in [6.45, 7) is 2.97. The van der Waals surface area contributed by atoms with Gasteiger partial charge in [0.1, 0.15) is 0 Å². The van der Waals surface area contributed by atoms with E-state index < -0.39 is 0 Å². The molecule has 2 rings (SSSR count). The number of nitrogens with zero attached hydrogens (tertiary/aromatic N) is 2. The van der Waals surface area contributed by atoms with Gasteiger partial charge >= 0.3 is 0 Å². The first kappa shape index (κ1) is 14.3. The SMILES string of the molecule is CCCCCCCn1cnc2ccc(Br)cc2c1=O. The summed E-state index contributed by atoms with van der Waals surface area (Å²) in [5, 5.41) is 0.686. The molecule has 0 fully saturated rings. The largest absolute Gasteiger partial charge is 0.299 e. The first-order valence-electron chi connectivity index (χ1n) is 6.87. The number of aryl methyl sites for hydroxylation is 1. The topological polar surface area (TPSA) is 34.9 Å². The Morgan fingerprint density at radius 1 is 1.21 bits per heavy atom. The molecule has 1 aromatic carbocycles. The van der Waals surface area contributed by atoms with Gasteiger partial charge in [-0.05, 0) is 24.6 Å². The van der Waals surface area contributed by atoms with Crippen molar-refractivity contribution in [3.8, 4) is 0 Å². The van der Waals surface area contributed by atoms with E-state index in [0.717, 1.165) is 23.0 Å². The smallest absolute Gasteiger partial charge is 0.261 e. The number of halogens is 1. The number of rotatable bonds is 6. The zero-order valence-electron chi connectivity index (χ0n) is 11.2. The van der Waals surface area contributed by atoms with Crippen molar-refractivity contribution in [2.75, 3.05) is 0 Å². The summed E-state index contributed by atoms with van der Waals surface area (Å²) >= 11 is 3.40. The molecule has 0 unspecified atom stereocenters. The molecule has 1 aromatic heterocycles. The molecule has 0 saturated carbocycles. The zero-order chi connectivity index (χ0) is 13.7. The third kappa shape index (κ3) is 3.66. The number of aromatic nitrogens is 2.